The third kappa shape index (κ3) is 2.79. The van der Waals surface area contributed by atoms with Crippen LogP contribution in [0.25, 0.3) is 11.8 Å². The molecular weight excluding hydrogens is 453 g/mol. The van der Waals surface area contributed by atoms with E-state index in [0.29, 0.717) is 18.5 Å². The first-order valence-electron chi connectivity index (χ1n) is 12.1. The van der Waals surface area contributed by atoms with E-state index in [1.54, 1.807) is 6.07 Å². The minimum absolute atomic E-state index is 0.0481. The molecule has 180 valence electrons. The normalized spacial score (nSPS) is 40.6. The monoisotopic (exact) mass is 483 g/mol. The number of fused-ring (bicyclic) bond motifs is 6. The zero-order valence-corrected chi connectivity index (χ0v) is 20.3. The number of carbonyl (C=O) groups excluding carboxylic acids is 1. The van der Waals surface area contributed by atoms with Gasteiger partial charge in [0, 0.05) is 5.41 Å². The van der Waals surface area contributed by atoms with Crippen molar-refractivity contribution >= 4 is 23.8 Å². The molecule has 34 heavy (non-hydrogen) atoms. The van der Waals surface area contributed by atoms with Crippen LogP contribution in [0.4, 0.5) is 4.39 Å². The van der Waals surface area contributed by atoms with Crippen LogP contribution in [-0.4, -0.2) is 41.8 Å². The van der Waals surface area contributed by atoms with Crippen LogP contribution in [-0.2, 0) is 11.2 Å². The van der Waals surface area contributed by atoms with Crippen LogP contribution < -0.4 is 0 Å². The Balaban J connectivity index is 1.38. The summed E-state index contributed by atoms with van der Waals surface area (Å²) in [6.45, 7) is 4.23. The van der Waals surface area contributed by atoms with Crippen molar-refractivity contribution in [1.82, 2.24) is 14.8 Å². The average molecular weight is 484 g/mol. The van der Waals surface area contributed by atoms with Gasteiger partial charge < -0.3 is 10.2 Å². The summed E-state index contributed by atoms with van der Waals surface area (Å²) in [6.07, 6.45) is 9.12. The molecule has 7 atom stereocenters. The number of thiol groups is 1. The molecule has 2 aromatic heterocycles. The summed E-state index contributed by atoms with van der Waals surface area (Å²) >= 11 is 4.04. The number of aromatic nitrogens is 3. The summed E-state index contributed by atoms with van der Waals surface area (Å²) in [5, 5.41) is 27.0. The molecule has 2 heterocycles. The van der Waals surface area contributed by atoms with Crippen molar-refractivity contribution in [2.75, 3.05) is 0 Å². The highest BCUT2D eigenvalue weighted by molar-refractivity contribution is 7.96. The van der Waals surface area contributed by atoms with E-state index in [9.17, 15) is 19.4 Å². The predicted octanol–water partition coefficient (Wildman–Crippen LogP) is 3.75. The fraction of sp³-hybridized carbons (Fsp3) is 0.577. The first-order chi connectivity index (χ1) is 16.1. The Labute approximate surface area is 203 Å². The lowest BCUT2D eigenvalue weighted by Crippen LogP contribution is -2.61. The minimum Gasteiger partial charge on any atom is -0.393 e. The molecule has 0 aromatic carbocycles. The van der Waals surface area contributed by atoms with E-state index < -0.39 is 28.2 Å². The maximum Gasteiger partial charge on any atom is 0.218 e. The van der Waals surface area contributed by atoms with Crippen molar-refractivity contribution < 1.29 is 19.4 Å². The number of rotatable bonds is 2. The summed E-state index contributed by atoms with van der Waals surface area (Å²) in [6, 6.07) is 3.01. The number of aliphatic hydroxyl groups excluding tert-OH is 1. The zero-order chi connectivity index (χ0) is 24.0. The lowest BCUT2D eigenvalue weighted by molar-refractivity contribution is -0.173. The van der Waals surface area contributed by atoms with Gasteiger partial charge >= 0.3 is 0 Å². The maximum atomic E-state index is 13.3. The second kappa shape index (κ2) is 7.24. The lowest BCUT2D eigenvalue weighted by Gasteiger charge is -2.60. The average Bonchev–Trinajstić information content (AvgIpc) is 3.30. The number of halogens is 1. The number of hydrogen-bond donors (Lipinski definition) is 3. The molecule has 0 aliphatic heterocycles. The Morgan fingerprint density at radius 2 is 2.06 bits per heavy atom. The molecule has 0 unspecified atom stereocenters. The molecule has 4 aliphatic carbocycles. The van der Waals surface area contributed by atoms with Crippen LogP contribution in [0.2, 0.25) is 0 Å². The van der Waals surface area contributed by atoms with Gasteiger partial charge in [0.1, 0.15) is 5.60 Å². The standard InChI is InChI=1S/C26H30FN3O3S/c1-24-10-14-12-29-30(16-4-6-21(27)28-13-16)19(14)9-15(24)3-5-17-18-7-8-26(33,23(32)34)25(18,2)11-20(31)22(17)24/h4,6,9,12-13,17-18,20,22,31,33H,3,5,7-8,10-11H2,1-2H3,(H,32,34)/t17-,18-,20-,22+,24-,25-,26-/m0/s1. The summed E-state index contributed by atoms with van der Waals surface area (Å²) in [4.78, 5) is 16.1. The smallest absolute Gasteiger partial charge is 0.218 e. The number of allylic oxidation sites excluding steroid dienone is 1. The number of carbonyl (C=O) groups is 1. The van der Waals surface area contributed by atoms with Crippen LogP contribution in [0, 0.1) is 34.5 Å². The number of aliphatic hydroxyl groups is 2. The summed E-state index contributed by atoms with van der Waals surface area (Å²) in [7, 11) is 0. The SMILES string of the molecule is C[C@]12Cc3cnn(-c4ccc(F)nc4)c3C=C1CC[C@@H]1[C@@H]2[C@@H](O)C[C@@]2(C)[C@H]1CC[C@]2(O)C(=O)S. The summed E-state index contributed by atoms with van der Waals surface area (Å²) < 4.78 is 15.1. The molecule has 0 bridgehead atoms. The van der Waals surface area contributed by atoms with Crippen LogP contribution in [0.15, 0.2) is 30.1 Å². The van der Waals surface area contributed by atoms with Crippen LogP contribution in [0.5, 0.6) is 0 Å². The number of hydrogen-bond acceptors (Lipinski definition) is 5. The molecule has 3 saturated carbocycles. The molecule has 0 saturated heterocycles. The van der Waals surface area contributed by atoms with Crippen molar-refractivity contribution in [2.24, 2.45) is 28.6 Å². The van der Waals surface area contributed by atoms with Crippen molar-refractivity contribution in [3.05, 3.63) is 47.3 Å². The summed E-state index contributed by atoms with van der Waals surface area (Å²) in [5.41, 5.74) is 1.75. The van der Waals surface area contributed by atoms with Gasteiger partial charge in [0.2, 0.25) is 11.1 Å². The molecule has 0 spiro atoms. The molecule has 4 aliphatic rings. The summed E-state index contributed by atoms with van der Waals surface area (Å²) in [5.74, 6) is -0.0667. The zero-order valence-electron chi connectivity index (χ0n) is 19.4. The Morgan fingerprint density at radius 1 is 1.26 bits per heavy atom. The van der Waals surface area contributed by atoms with E-state index >= 15 is 0 Å². The number of nitrogens with zero attached hydrogens (tertiary/aromatic N) is 3. The molecule has 3 fully saturated rings. The largest absolute Gasteiger partial charge is 0.393 e. The first-order valence-corrected chi connectivity index (χ1v) is 12.6. The molecular formula is C26H30FN3O3S. The van der Waals surface area contributed by atoms with Crippen LogP contribution in [0.3, 0.4) is 0 Å². The van der Waals surface area contributed by atoms with Gasteiger partial charge in [-0.05, 0) is 85.5 Å². The third-order valence-corrected chi connectivity index (χ3v) is 10.3. The van der Waals surface area contributed by atoms with Gasteiger partial charge in [-0.15, -0.1) is 12.6 Å². The molecule has 2 aromatic rings. The third-order valence-electron chi connectivity index (χ3n) is 9.89. The second-order valence-corrected chi connectivity index (χ2v) is 11.7. The predicted molar refractivity (Wildman–Crippen MR) is 128 cm³/mol. The highest BCUT2D eigenvalue weighted by Gasteiger charge is 2.68. The van der Waals surface area contributed by atoms with Gasteiger partial charge in [-0.2, -0.15) is 9.49 Å². The fourth-order valence-electron chi connectivity index (χ4n) is 8.24. The Hall–Kier alpha value is -2.03. The first kappa shape index (κ1) is 22.4. The van der Waals surface area contributed by atoms with E-state index in [0.717, 1.165) is 36.9 Å². The van der Waals surface area contributed by atoms with E-state index in [-0.39, 0.29) is 23.2 Å². The molecule has 0 radical (unpaired) electrons. The van der Waals surface area contributed by atoms with Crippen molar-refractivity contribution in [3.63, 3.8) is 0 Å². The molecule has 0 amide bonds. The highest BCUT2D eigenvalue weighted by atomic mass is 32.1. The highest BCUT2D eigenvalue weighted by Crippen LogP contribution is 2.67. The van der Waals surface area contributed by atoms with Crippen molar-refractivity contribution in [2.45, 2.75) is 64.1 Å². The van der Waals surface area contributed by atoms with Crippen LogP contribution in [0.1, 0.15) is 57.2 Å². The maximum absolute atomic E-state index is 13.3. The number of pyridine rings is 1. The van der Waals surface area contributed by atoms with Crippen molar-refractivity contribution in [1.29, 1.82) is 0 Å². The molecule has 8 heteroatoms. The molecule has 6 nitrogen and oxygen atoms in total. The van der Waals surface area contributed by atoms with E-state index in [2.05, 4.69) is 35.7 Å². The molecule has 6 rings (SSSR count). The Kier molecular flexibility index (Phi) is 4.78. The van der Waals surface area contributed by atoms with E-state index in [1.165, 1.54) is 17.8 Å². The lowest BCUT2D eigenvalue weighted by atomic mass is 9.45. The van der Waals surface area contributed by atoms with Crippen LogP contribution >= 0.6 is 12.6 Å². The second-order valence-electron chi connectivity index (χ2n) is 11.3. The van der Waals surface area contributed by atoms with E-state index in [1.807, 2.05) is 17.8 Å². The van der Waals surface area contributed by atoms with Gasteiger partial charge in [0.15, 0.2) is 0 Å². The molecule has 2 N–H and O–H groups in total. The minimum atomic E-state index is -1.48. The van der Waals surface area contributed by atoms with Gasteiger partial charge in [0.25, 0.3) is 0 Å². The van der Waals surface area contributed by atoms with Gasteiger partial charge in [-0.25, -0.2) is 9.67 Å². The topological polar surface area (TPSA) is 88.2 Å². The van der Waals surface area contributed by atoms with Gasteiger partial charge in [-0.1, -0.05) is 19.4 Å². The Bertz CT molecular complexity index is 1210. The van der Waals surface area contributed by atoms with E-state index in [4.69, 9.17) is 0 Å². The fourth-order valence-corrected chi connectivity index (χ4v) is 8.61. The quantitative estimate of drug-likeness (QED) is 0.447. The van der Waals surface area contributed by atoms with Gasteiger partial charge in [-0.3, -0.25) is 4.79 Å². The van der Waals surface area contributed by atoms with Crippen molar-refractivity contribution in [3.8, 4) is 5.69 Å². The van der Waals surface area contributed by atoms with Gasteiger partial charge in [0.05, 0.1) is 29.9 Å². The Morgan fingerprint density at radius 3 is 2.76 bits per heavy atom.